The van der Waals surface area contributed by atoms with E-state index in [1.807, 2.05) is 4.90 Å². The summed E-state index contributed by atoms with van der Waals surface area (Å²) in [5, 5.41) is 0. The van der Waals surface area contributed by atoms with Gasteiger partial charge in [-0.15, -0.1) is 0 Å². The molecule has 0 aromatic rings. The van der Waals surface area contributed by atoms with E-state index in [0.29, 0.717) is 18.9 Å². The highest BCUT2D eigenvalue weighted by Crippen LogP contribution is 2.35. The largest absolute Gasteiger partial charge is 0.376 e. The second-order valence-corrected chi connectivity index (χ2v) is 4.93. The molecule has 0 bridgehead atoms. The second kappa shape index (κ2) is 3.76. The van der Waals surface area contributed by atoms with Gasteiger partial charge in [0.15, 0.2) is 0 Å². The van der Waals surface area contributed by atoms with Crippen LogP contribution in [0, 0.1) is 5.92 Å². The van der Waals surface area contributed by atoms with Crippen molar-refractivity contribution < 1.29 is 9.53 Å². The number of likely N-dealkylation sites (tertiary alicyclic amines) is 1. The normalized spacial score (nSPS) is 41.5. The summed E-state index contributed by atoms with van der Waals surface area (Å²) in [6, 6.07) is 0. The molecule has 2 rings (SSSR count). The molecule has 2 fully saturated rings. The van der Waals surface area contributed by atoms with Gasteiger partial charge >= 0.3 is 0 Å². The Labute approximate surface area is 90.8 Å². The zero-order valence-corrected chi connectivity index (χ0v) is 9.53. The van der Waals surface area contributed by atoms with Crippen molar-refractivity contribution in [2.75, 3.05) is 19.7 Å². The van der Waals surface area contributed by atoms with Gasteiger partial charge in [-0.1, -0.05) is 0 Å². The van der Waals surface area contributed by atoms with Gasteiger partial charge in [-0.25, -0.2) is 0 Å². The van der Waals surface area contributed by atoms with Crippen molar-refractivity contribution in [1.29, 1.82) is 0 Å². The van der Waals surface area contributed by atoms with Crippen LogP contribution in [0.25, 0.3) is 0 Å². The molecule has 86 valence electrons. The Bertz CT molecular complexity index is 269. The summed E-state index contributed by atoms with van der Waals surface area (Å²) in [6.07, 6.45) is 1.69. The zero-order chi connectivity index (χ0) is 11.1. The minimum Gasteiger partial charge on any atom is -0.376 e. The Hall–Kier alpha value is -0.610. The molecule has 0 spiro atoms. The Morgan fingerprint density at radius 1 is 1.67 bits per heavy atom. The molecule has 15 heavy (non-hydrogen) atoms. The van der Waals surface area contributed by atoms with Crippen molar-refractivity contribution in [2.45, 2.75) is 38.3 Å². The fourth-order valence-corrected chi connectivity index (χ4v) is 2.61. The lowest BCUT2D eigenvalue weighted by molar-refractivity contribution is -0.134. The molecule has 3 atom stereocenters. The molecular weight excluding hydrogens is 192 g/mol. The number of amides is 1. The molecular formula is C11H20N2O2. The summed E-state index contributed by atoms with van der Waals surface area (Å²) in [7, 11) is 0. The van der Waals surface area contributed by atoms with E-state index in [2.05, 4.69) is 13.8 Å². The molecule has 2 aliphatic heterocycles. The Balaban J connectivity index is 2.13. The molecule has 4 heteroatoms. The van der Waals surface area contributed by atoms with E-state index in [0.717, 1.165) is 19.6 Å². The number of nitrogens with two attached hydrogens (primary N) is 1. The fraction of sp³-hybridized carbons (Fsp3) is 0.909. The fourth-order valence-electron chi connectivity index (χ4n) is 2.61. The number of rotatable bonds is 2. The molecule has 0 aromatic carbocycles. The SMILES string of the molecule is CC1OCCC1(C)N1CC(CN)CC1=O. The number of carbonyl (C=O) groups excluding carboxylic acids is 1. The predicted octanol–water partition coefficient (Wildman–Crippen LogP) is 0.361. The smallest absolute Gasteiger partial charge is 0.223 e. The first-order valence-corrected chi connectivity index (χ1v) is 5.70. The summed E-state index contributed by atoms with van der Waals surface area (Å²) >= 11 is 0. The average Bonchev–Trinajstić information content (AvgIpc) is 2.73. The average molecular weight is 212 g/mol. The molecule has 0 radical (unpaired) electrons. The first-order valence-electron chi connectivity index (χ1n) is 5.70. The third kappa shape index (κ3) is 1.66. The number of hydrogen-bond acceptors (Lipinski definition) is 3. The van der Waals surface area contributed by atoms with Gasteiger partial charge in [0.25, 0.3) is 0 Å². The van der Waals surface area contributed by atoms with Crippen molar-refractivity contribution in [3.05, 3.63) is 0 Å². The van der Waals surface area contributed by atoms with Gasteiger partial charge in [0.05, 0.1) is 11.6 Å². The van der Waals surface area contributed by atoms with E-state index in [1.165, 1.54) is 0 Å². The van der Waals surface area contributed by atoms with Crippen LogP contribution in [0.15, 0.2) is 0 Å². The van der Waals surface area contributed by atoms with Gasteiger partial charge in [-0.05, 0) is 32.7 Å². The Morgan fingerprint density at radius 2 is 2.40 bits per heavy atom. The topological polar surface area (TPSA) is 55.6 Å². The maximum absolute atomic E-state index is 11.9. The molecule has 1 amide bonds. The maximum Gasteiger partial charge on any atom is 0.223 e. The molecule has 4 nitrogen and oxygen atoms in total. The highest BCUT2D eigenvalue weighted by Gasteiger charge is 2.47. The first kappa shape index (κ1) is 10.9. The van der Waals surface area contributed by atoms with Gasteiger partial charge < -0.3 is 15.4 Å². The lowest BCUT2D eigenvalue weighted by Gasteiger charge is -2.38. The molecule has 2 aliphatic rings. The van der Waals surface area contributed by atoms with Crippen molar-refractivity contribution in [1.82, 2.24) is 4.90 Å². The zero-order valence-electron chi connectivity index (χ0n) is 9.53. The third-order valence-corrected chi connectivity index (χ3v) is 4.01. The van der Waals surface area contributed by atoms with E-state index in [-0.39, 0.29) is 17.6 Å². The van der Waals surface area contributed by atoms with E-state index < -0.39 is 0 Å². The molecule has 2 saturated heterocycles. The van der Waals surface area contributed by atoms with E-state index in [4.69, 9.17) is 10.5 Å². The molecule has 2 heterocycles. The quantitative estimate of drug-likeness (QED) is 0.719. The predicted molar refractivity (Wildman–Crippen MR) is 57.3 cm³/mol. The van der Waals surface area contributed by atoms with Crippen LogP contribution in [0.2, 0.25) is 0 Å². The van der Waals surface area contributed by atoms with Crippen LogP contribution < -0.4 is 5.73 Å². The summed E-state index contributed by atoms with van der Waals surface area (Å²) in [6.45, 7) is 6.35. The highest BCUT2D eigenvalue weighted by atomic mass is 16.5. The number of carbonyl (C=O) groups is 1. The van der Waals surface area contributed by atoms with Crippen LogP contribution in [0.5, 0.6) is 0 Å². The van der Waals surface area contributed by atoms with Gasteiger partial charge in [0.2, 0.25) is 5.91 Å². The van der Waals surface area contributed by atoms with Crippen LogP contribution in [0.3, 0.4) is 0 Å². The summed E-state index contributed by atoms with van der Waals surface area (Å²) in [4.78, 5) is 13.9. The third-order valence-electron chi connectivity index (χ3n) is 4.01. The van der Waals surface area contributed by atoms with Crippen molar-refractivity contribution >= 4 is 5.91 Å². The van der Waals surface area contributed by atoms with Crippen molar-refractivity contribution in [2.24, 2.45) is 11.7 Å². The summed E-state index contributed by atoms with van der Waals surface area (Å²) in [5.41, 5.74) is 5.51. The van der Waals surface area contributed by atoms with Crippen molar-refractivity contribution in [3.63, 3.8) is 0 Å². The number of nitrogens with zero attached hydrogens (tertiary/aromatic N) is 1. The Kier molecular flexibility index (Phi) is 2.73. The second-order valence-electron chi connectivity index (χ2n) is 4.93. The van der Waals surface area contributed by atoms with Crippen molar-refractivity contribution in [3.8, 4) is 0 Å². The molecule has 0 aliphatic carbocycles. The van der Waals surface area contributed by atoms with Gasteiger partial charge in [0, 0.05) is 19.6 Å². The molecule has 3 unspecified atom stereocenters. The van der Waals surface area contributed by atoms with Crippen LogP contribution in [0.4, 0.5) is 0 Å². The lowest BCUT2D eigenvalue weighted by Crippen LogP contribution is -2.51. The van der Waals surface area contributed by atoms with Gasteiger partial charge in [0.1, 0.15) is 0 Å². The lowest BCUT2D eigenvalue weighted by atomic mass is 9.92. The highest BCUT2D eigenvalue weighted by molar-refractivity contribution is 5.79. The van der Waals surface area contributed by atoms with Crippen LogP contribution in [-0.2, 0) is 9.53 Å². The molecule has 0 aromatic heterocycles. The monoisotopic (exact) mass is 212 g/mol. The molecule has 2 N–H and O–H groups in total. The van der Waals surface area contributed by atoms with Crippen LogP contribution >= 0.6 is 0 Å². The number of ether oxygens (including phenoxy) is 1. The van der Waals surface area contributed by atoms with E-state index in [9.17, 15) is 4.79 Å². The van der Waals surface area contributed by atoms with E-state index >= 15 is 0 Å². The van der Waals surface area contributed by atoms with E-state index in [1.54, 1.807) is 0 Å². The Morgan fingerprint density at radius 3 is 2.87 bits per heavy atom. The first-order chi connectivity index (χ1) is 7.08. The number of hydrogen-bond donors (Lipinski definition) is 1. The van der Waals surface area contributed by atoms with Gasteiger partial charge in [-0.2, -0.15) is 0 Å². The molecule has 0 saturated carbocycles. The summed E-state index contributed by atoms with van der Waals surface area (Å²) < 4.78 is 5.57. The minimum atomic E-state index is -0.110. The summed E-state index contributed by atoms with van der Waals surface area (Å²) in [5.74, 6) is 0.576. The van der Waals surface area contributed by atoms with Gasteiger partial charge in [-0.3, -0.25) is 4.79 Å². The standard InChI is InChI=1S/C11H20N2O2/c1-8-11(2,3-4-15-8)13-7-9(6-12)5-10(13)14/h8-9H,3-7,12H2,1-2H3. The maximum atomic E-state index is 11.9. The van der Waals surface area contributed by atoms with Crippen LogP contribution in [0.1, 0.15) is 26.7 Å². The minimum absolute atomic E-state index is 0.110. The van der Waals surface area contributed by atoms with Crippen LogP contribution in [-0.4, -0.2) is 42.1 Å².